The number of fused-ring (bicyclic) bond motifs is 1. The summed E-state index contributed by atoms with van der Waals surface area (Å²) in [6.07, 6.45) is 8.33. The summed E-state index contributed by atoms with van der Waals surface area (Å²) in [7, 11) is 1.60. The Bertz CT molecular complexity index is 2030. The molecule has 0 radical (unpaired) electrons. The van der Waals surface area contributed by atoms with E-state index in [-0.39, 0.29) is 23.9 Å². The molecule has 2 amide bonds. The number of rotatable bonds is 12. The zero-order valence-electron chi connectivity index (χ0n) is 26.9. The molecule has 7 rings (SSSR count). The predicted molar refractivity (Wildman–Crippen MR) is 189 cm³/mol. The Morgan fingerprint density at radius 2 is 1.41 bits per heavy atom. The fourth-order valence-corrected chi connectivity index (χ4v) is 7.08. The standard InChI is InChI=1S/C36H36Cl2N8O3/c1-49-36-21(14-39-15-22-9-12-32(47)43-22)8-11-29(45-36)27-6-2-4-25(34(27)37)26-5-3-7-28(35(26)38)30-20-46-24(18-42-31(46)19-41-30)17-40-16-23-10-13-33(48)44-23/h2-8,11,18-20,22-23,39-40H,9-10,12-17H2,1H3,(H,43,47)(H,44,48)/t22-,23-/m1/s1. The molecular formula is C36H36Cl2N8O3. The van der Waals surface area contributed by atoms with Crippen molar-refractivity contribution < 1.29 is 14.3 Å². The van der Waals surface area contributed by atoms with Gasteiger partial charge in [-0.05, 0) is 18.9 Å². The van der Waals surface area contributed by atoms with Crippen molar-refractivity contribution in [2.75, 3.05) is 20.2 Å². The number of imidazole rings is 1. The Labute approximate surface area is 293 Å². The number of hydrogen-bond acceptors (Lipinski definition) is 8. The number of carbonyl (C=O) groups is 2. The van der Waals surface area contributed by atoms with Crippen molar-refractivity contribution in [2.24, 2.45) is 0 Å². The lowest BCUT2D eigenvalue weighted by Crippen LogP contribution is -2.35. The summed E-state index contributed by atoms with van der Waals surface area (Å²) in [5.74, 6) is 0.706. The number of pyridine rings is 1. The van der Waals surface area contributed by atoms with Crippen molar-refractivity contribution in [3.8, 4) is 39.5 Å². The number of ether oxygens (including phenoxy) is 1. The summed E-state index contributed by atoms with van der Waals surface area (Å²) in [5, 5.41) is 13.8. The van der Waals surface area contributed by atoms with Gasteiger partial charge in [0.1, 0.15) is 0 Å². The molecule has 0 bridgehead atoms. The van der Waals surface area contributed by atoms with E-state index in [9.17, 15) is 9.59 Å². The van der Waals surface area contributed by atoms with Crippen LogP contribution in [0.3, 0.4) is 0 Å². The number of benzene rings is 2. The molecule has 2 saturated heterocycles. The molecule has 0 aliphatic carbocycles. The Hall–Kier alpha value is -4.55. The minimum atomic E-state index is 0.0989. The van der Waals surface area contributed by atoms with E-state index in [2.05, 4.69) is 31.2 Å². The predicted octanol–water partition coefficient (Wildman–Crippen LogP) is 5.18. The van der Waals surface area contributed by atoms with Crippen LogP contribution >= 0.6 is 23.2 Å². The van der Waals surface area contributed by atoms with Gasteiger partial charge >= 0.3 is 0 Å². The Morgan fingerprint density at radius 3 is 2.02 bits per heavy atom. The largest absolute Gasteiger partial charge is 0.481 e. The van der Waals surface area contributed by atoms with E-state index in [1.165, 1.54) is 0 Å². The molecule has 3 aromatic heterocycles. The molecule has 11 nitrogen and oxygen atoms in total. The number of amides is 2. The monoisotopic (exact) mass is 698 g/mol. The Morgan fingerprint density at radius 1 is 0.796 bits per heavy atom. The van der Waals surface area contributed by atoms with Crippen molar-refractivity contribution in [3.63, 3.8) is 0 Å². The molecule has 13 heteroatoms. The number of nitrogens with zero attached hydrogens (tertiary/aromatic N) is 4. The summed E-state index contributed by atoms with van der Waals surface area (Å²) in [5.41, 5.74) is 7.02. The highest BCUT2D eigenvalue weighted by Gasteiger charge is 2.22. The van der Waals surface area contributed by atoms with Gasteiger partial charge in [-0.1, -0.05) is 65.7 Å². The van der Waals surface area contributed by atoms with Crippen LogP contribution in [-0.2, 0) is 22.7 Å². The van der Waals surface area contributed by atoms with Crippen LogP contribution in [0.15, 0.2) is 67.1 Å². The fourth-order valence-electron chi connectivity index (χ4n) is 6.43. The van der Waals surface area contributed by atoms with E-state index in [0.29, 0.717) is 66.3 Å². The first-order chi connectivity index (χ1) is 23.9. The lowest BCUT2D eigenvalue weighted by atomic mass is 9.98. The summed E-state index contributed by atoms with van der Waals surface area (Å²) < 4.78 is 7.65. The molecule has 5 heterocycles. The van der Waals surface area contributed by atoms with Gasteiger partial charge < -0.3 is 26.0 Å². The van der Waals surface area contributed by atoms with Gasteiger partial charge in [0.05, 0.1) is 46.6 Å². The summed E-state index contributed by atoms with van der Waals surface area (Å²) >= 11 is 14.2. The smallest absolute Gasteiger partial charge is 0.220 e. The molecule has 0 unspecified atom stereocenters. The van der Waals surface area contributed by atoms with Gasteiger partial charge in [0.2, 0.25) is 17.7 Å². The first-order valence-electron chi connectivity index (χ1n) is 16.3. The summed E-state index contributed by atoms with van der Waals surface area (Å²) in [6.45, 7) is 2.51. The number of hydrogen-bond donors (Lipinski definition) is 4. The van der Waals surface area contributed by atoms with E-state index in [0.717, 1.165) is 52.0 Å². The lowest BCUT2D eigenvalue weighted by Gasteiger charge is -2.15. The van der Waals surface area contributed by atoms with Crippen molar-refractivity contribution in [1.29, 1.82) is 0 Å². The van der Waals surface area contributed by atoms with Crippen LogP contribution in [0.5, 0.6) is 5.88 Å². The van der Waals surface area contributed by atoms with Crippen molar-refractivity contribution in [2.45, 2.75) is 50.9 Å². The van der Waals surface area contributed by atoms with E-state index in [1.807, 2.05) is 65.3 Å². The Kier molecular flexibility index (Phi) is 9.77. The maximum absolute atomic E-state index is 11.5. The lowest BCUT2D eigenvalue weighted by molar-refractivity contribution is -0.120. The highest BCUT2D eigenvalue weighted by molar-refractivity contribution is 6.39. The second kappa shape index (κ2) is 14.5. The number of carbonyl (C=O) groups excluding carboxylic acids is 2. The molecule has 4 N–H and O–H groups in total. The summed E-state index contributed by atoms with van der Waals surface area (Å²) in [4.78, 5) is 37.0. The van der Waals surface area contributed by atoms with Crippen LogP contribution in [0.4, 0.5) is 0 Å². The molecule has 0 spiro atoms. The molecule has 49 heavy (non-hydrogen) atoms. The van der Waals surface area contributed by atoms with E-state index < -0.39 is 0 Å². The molecule has 2 aliphatic rings. The quantitative estimate of drug-likeness (QED) is 0.140. The number of methoxy groups -OCH3 is 1. The Balaban J connectivity index is 1.11. The van der Waals surface area contributed by atoms with Crippen LogP contribution in [0.25, 0.3) is 39.3 Å². The van der Waals surface area contributed by atoms with Gasteiger partial charge in [-0.2, -0.15) is 0 Å². The third-order valence-electron chi connectivity index (χ3n) is 9.02. The molecule has 2 atom stereocenters. The molecule has 2 aliphatic heterocycles. The average Bonchev–Trinajstić information content (AvgIpc) is 3.84. The van der Waals surface area contributed by atoms with Gasteiger partial charge in [-0.15, -0.1) is 0 Å². The zero-order chi connectivity index (χ0) is 33.9. The number of aromatic nitrogens is 4. The molecule has 2 fully saturated rings. The van der Waals surface area contributed by atoms with Crippen molar-refractivity contribution >= 4 is 40.7 Å². The van der Waals surface area contributed by atoms with Crippen molar-refractivity contribution in [3.05, 3.63) is 88.4 Å². The molecule has 5 aromatic rings. The van der Waals surface area contributed by atoms with Gasteiger partial charge in [0.15, 0.2) is 5.65 Å². The van der Waals surface area contributed by atoms with Crippen LogP contribution in [0.2, 0.25) is 10.0 Å². The van der Waals surface area contributed by atoms with Crippen molar-refractivity contribution in [1.82, 2.24) is 40.6 Å². The minimum absolute atomic E-state index is 0.0989. The second-order valence-electron chi connectivity index (χ2n) is 12.3. The first kappa shape index (κ1) is 33.0. The first-order valence-corrected chi connectivity index (χ1v) is 17.1. The highest BCUT2D eigenvalue weighted by Crippen LogP contribution is 2.42. The number of nitrogens with one attached hydrogen (secondary N) is 4. The van der Waals surface area contributed by atoms with E-state index >= 15 is 0 Å². The normalized spacial score (nSPS) is 17.4. The SMILES string of the molecule is COc1nc(-c2cccc(-c3cccc(-c4cn5c(CNC[C@H]6CCC(=O)N6)cnc5cn4)c3Cl)c2Cl)ccc1CNC[C@H]1CCC(=O)N1. The van der Waals surface area contributed by atoms with Crippen LogP contribution in [0, 0.1) is 0 Å². The zero-order valence-corrected chi connectivity index (χ0v) is 28.4. The molecule has 0 saturated carbocycles. The maximum Gasteiger partial charge on any atom is 0.220 e. The van der Waals surface area contributed by atoms with E-state index in [4.69, 9.17) is 32.9 Å². The third-order valence-corrected chi connectivity index (χ3v) is 9.83. The topological polar surface area (TPSA) is 135 Å². The molecular weight excluding hydrogens is 663 g/mol. The van der Waals surface area contributed by atoms with Gasteiger partial charge in [-0.3, -0.25) is 19.0 Å². The summed E-state index contributed by atoms with van der Waals surface area (Å²) in [6, 6.07) is 15.8. The molecule has 2 aromatic carbocycles. The highest BCUT2D eigenvalue weighted by atomic mass is 35.5. The van der Waals surface area contributed by atoms with Gasteiger partial charge in [0.25, 0.3) is 0 Å². The van der Waals surface area contributed by atoms with E-state index in [1.54, 1.807) is 13.3 Å². The van der Waals surface area contributed by atoms with Crippen LogP contribution in [0.1, 0.15) is 36.9 Å². The van der Waals surface area contributed by atoms with Gasteiger partial charge in [-0.25, -0.2) is 9.97 Å². The molecule has 252 valence electrons. The van der Waals surface area contributed by atoms with Gasteiger partial charge in [0, 0.05) is 85.1 Å². The fraction of sp³-hybridized carbons (Fsp3) is 0.306. The second-order valence-corrected chi connectivity index (χ2v) is 13.1. The average molecular weight is 700 g/mol. The minimum Gasteiger partial charge on any atom is -0.481 e. The maximum atomic E-state index is 11.5. The van der Waals surface area contributed by atoms with Crippen LogP contribution in [-0.4, -0.2) is 63.4 Å². The third kappa shape index (κ3) is 7.11. The van der Waals surface area contributed by atoms with Crippen LogP contribution < -0.4 is 26.0 Å². The number of halogens is 2.